The first-order valence-electron chi connectivity index (χ1n) is 9.09. The van der Waals surface area contributed by atoms with Crippen molar-refractivity contribution >= 4 is 11.9 Å². The maximum atomic E-state index is 11.0. The van der Waals surface area contributed by atoms with Gasteiger partial charge in [0.05, 0.1) is 11.5 Å². The highest BCUT2D eigenvalue weighted by Gasteiger charge is 2.26. The number of aliphatic carboxylic acids is 2. The third-order valence-electron chi connectivity index (χ3n) is 4.82. The molecule has 0 saturated heterocycles. The minimum absolute atomic E-state index is 0.0335. The molecular formula is C19H36O5. The van der Waals surface area contributed by atoms with Crippen LogP contribution in [0, 0.1) is 10.8 Å². The van der Waals surface area contributed by atoms with E-state index >= 15 is 0 Å². The smallest absolute Gasteiger partial charge is 0.309 e. The Morgan fingerprint density at radius 1 is 0.833 bits per heavy atom. The molecule has 0 bridgehead atoms. The molecule has 0 aliphatic heterocycles. The number of carbonyl (C=O) groups is 2. The molecule has 0 aromatic carbocycles. The van der Waals surface area contributed by atoms with E-state index in [2.05, 4.69) is 13.8 Å². The molecule has 5 heteroatoms. The molecule has 0 heterocycles. The zero-order valence-corrected chi connectivity index (χ0v) is 15.8. The summed E-state index contributed by atoms with van der Waals surface area (Å²) in [4.78, 5) is 21.6. The van der Waals surface area contributed by atoms with Crippen LogP contribution < -0.4 is 0 Å². The Bertz CT molecular complexity index is 387. The van der Waals surface area contributed by atoms with Gasteiger partial charge in [-0.15, -0.1) is 0 Å². The average Bonchev–Trinajstić information content (AvgIpc) is 2.46. The Morgan fingerprint density at radius 3 is 1.79 bits per heavy atom. The maximum absolute atomic E-state index is 11.0. The van der Waals surface area contributed by atoms with Crippen LogP contribution in [0.1, 0.15) is 91.9 Å². The number of hydrogen-bond donors (Lipinski definition) is 3. The van der Waals surface area contributed by atoms with E-state index in [1.165, 1.54) is 0 Å². The van der Waals surface area contributed by atoms with Crippen LogP contribution in [0.4, 0.5) is 0 Å². The number of aliphatic hydroxyl groups excluding tert-OH is 1. The minimum atomic E-state index is -0.770. The highest BCUT2D eigenvalue weighted by molar-refractivity contribution is 5.73. The molecule has 5 nitrogen and oxygen atoms in total. The first-order chi connectivity index (χ1) is 11.0. The number of aliphatic hydroxyl groups is 1. The van der Waals surface area contributed by atoms with E-state index in [1.807, 2.05) is 0 Å². The van der Waals surface area contributed by atoms with Crippen molar-refractivity contribution in [3.05, 3.63) is 0 Å². The molecule has 0 radical (unpaired) electrons. The summed E-state index contributed by atoms with van der Waals surface area (Å²) in [7, 11) is 0. The van der Waals surface area contributed by atoms with Gasteiger partial charge in [-0.3, -0.25) is 9.59 Å². The van der Waals surface area contributed by atoms with E-state index < -0.39 is 17.4 Å². The summed E-state index contributed by atoms with van der Waals surface area (Å²) in [6.07, 6.45) is 7.27. The van der Waals surface area contributed by atoms with Crippen molar-refractivity contribution in [2.75, 3.05) is 0 Å². The summed E-state index contributed by atoms with van der Waals surface area (Å²) < 4.78 is 0. The van der Waals surface area contributed by atoms with E-state index in [0.29, 0.717) is 12.8 Å². The Labute approximate surface area is 146 Å². The van der Waals surface area contributed by atoms with Crippen LogP contribution in [-0.4, -0.2) is 33.4 Å². The molecule has 0 aliphatic carbocycles. The Morgan fingerprint density at radius 2 is 1.33 bits per heavy atom. The molecule has 0 aromatic heterocycles. The first kappa shape index (κ1) is 22.9. The molecule has 1 unspecified atom stereocenters. The molecule has 0 saturated carbocycles. The summed E-state index contributed by atoms with van der Waals surface area (Å²) >= 11 is 0. The SMILES string of the molecule is CC(C)(CCCCC(O)CCCCC(C)(C)C(=O)O)CCC(=O)O. The van der Waals surface area contributed by atoms with Crippen molar-refractivity contribution in [1.29, 1.82) is 0 Å². The Balaban J connectivity index is 3.74. The average molecular weight is 344 g/mol. The minimum Gasteiger partial charge on any atom is -0.481 e. The Kier molecular flexibility index (Phi) is 10.2. The van der Waals surface area contributed by atoms with Crippen molar-refractivity contribution in [2.45, 2.75) is 98.0 Å². The van der Waals surface area contributed by atoms with Crippen LogP contribution in [0.15, 0.2) is 0 Å². The molecule has 142 valence electrons. The van der Waals surface area contributed by atoms with Crippen LogP contribution in [0.5, 0.6) is 0 Å². The van der Waals surface area contributed by atoms with Gasteiger partial charge in [0.1, 0.15) is 0 Å². The van der Waals surface area contributed by atoms with Crippen molar-refractivity contribution in [3.63, 3.8) is 0 Å². The maximum Gasteiger partial charge on any atom is 0.309 e. The van der Waals surface area contributed by atoms with Gasteiger partial charge in [-0.2, -0.15) is 0 Å². The number of rotatable bonds is 14. The van der Waals surface area contributed by atoms with Gasteiger partial charge < -0.3 is 15.3 Å². The van der Waals surface area contributed by atoms with E-state index in [0.717, 1.165) is 44.9 Å². The fourth-order valence-electron chi connectivity index (χ4n) is 2.75. The normalized spacial score (nSPS) is 13.7. The van der Waals surface area contributed by atoms with Gasteiger partial charge >= 0.3 is 11.9 Å². The van der Waals surface area contributed by atoms with Crippen LogP contribution in [0.3, 0.4) is 0 Å². The lowest BCUT2D eigenvalue weighted by atomic mass is 9.82. The van der Waals surface area contributed by atoms with E-state index in [-0.39, 0.29) is 17.9 Å². The Hall–Kier alpha value is -1.10. The predicted molar refractivity (Wildman–Crippen MR) is 95.0 cm³/mol. The lowest BCUT2D eigenvalue weighted by Gasteiger charge is -2.24. The van der Waals surface area contributed by atoms with Gasteiger partial charge in [-0.1, -0.05) is 39.5 Å². The summed E-state index contributed by atoms with van der Waals surface area (Å²) in [5.41, 5.74) is -0.655. The molecule has 0 spiro atoms. The predicted octanol–water partition coefficient (Wildman–Crippen LogP) is 4.47. The van der Waals surface area contributed by atoms with Gasteiger partial charge in [-0.25, -0.2) is 0 Å². The second-order valence-electron chi connectivity index (χ2n) is 8.39. The fourth-order valence-corrected chi connectivity index (χ4v) is 2.75. The molecule has 1 atom stereocenters. The van der Waals surface area contributed by atoms with E-state index in [4.69, 9.17) is 10.2 Å². The van der Waals surface area contributed by atoms with Gasteiger partial charge in [-0.05, 0) is 51.4 Å². The summed E-state index contributed by atoms with van der Waals surface area (Å²) in [6.45, 7) is 7.66. The van der Waals surface area contributed by atoms with Gasteiger partial charge in [0, 0.05) is 6.42 Å². The summed E-state index contributed by atoms with van der Waals surface area (Å²) in [6, 6.07) is 0. The zero-order valence-electron chi connectivity index (χ0n) is 15.8. The number of carboxylic acid groups (broad SMARTS) is 2. The van der Waals surface area contributed by atoms with Gasteiger partial charge in [0.25, 0.3) is 0 Å². The molecular weight excluding hydrogens is 308 g/mol. The monoisotopic (exact) mass is 344 g/mol. The molecule has 0 aliphatic rings. The summed E-state index contributed by atoms with van der Waals surface area (Å²) in [5.74, 6) is -1.52. The van der Waals surface area contributed by atoms with Gasteiger partial charge in [0.2, 0.25) is 0 Å². The third-order valence-corrected chi connectivity index (χ3v) is 4.82. The molecule has 0 aromatic rings. The fraction of sp³-hybridized carbons (Fsp3) is 0.895. The highest BCUT2D eigenvalue weighted by Crippen LogP contribution is 2.29. The second kappa shape index (κ2) is 10.7. The van der Waals surface area contributed by atoms with Crippen LogP contribution >= 0.6 is 0 Å². The van der Waals surface area contributed by atoms with Crippen molar-refractivity contribution in [1.82, 2.24) is 0 Å². The quantitative estimate of drug-likeness (QED) is 0.404. The first-order valence-corrected chi connectivity index (χ1v) is 9.09. The van der Waals surface area contributed by atoms with Crippen LogP contribution in [0.2, 0.25) is 0 Å². The van der Waals surface area contributed by atoms with Crippen molar-refractivity contribution in [3.8, 4) is 0 Å². The van der Waals surface area contributed by atoms with Crippen molar-refractivity contribution < 1.29 is 24.9 Å². The molecule has 0 fully saturated rings. The van der Waals surface area contributed by atoms with Gasteiger partial charge in [0.15, 0.2) is 0 Å². The van der Waals surface area contributed by atoms with Crippen LogP contribution in [-0.2, 0) is 9.59 Å². The van der Waals surface area contributed by atoms with E-state index in [9.17, 15) is 14.7 Å². The standard InChI is InChI=1S/C19H36O5/c1-18(2,14-11-16(21)22)12-7-5-9-15(20)10-6-8-13-19(3,4)17(23)24/h15,20H,5-14H2,1-4H3,(H,21,22)(H,23,24). The topological polar surface area (TPSA) is 94.8 Å². The second-order valence-corrected chi connectivity index (χ2v) is 8.39. The number of hydrogen-bond acceptors (Lipinski definition) is 3. The molecule has 24 heavy (non-hydrogen) atoms. The zero-order chi connectivity index (χ0) is 18.8. The molecule has 0 rings (SSSR count). The number of unbranched alkanes of at least 4 members (excludes halogenated alkanes) is 2. The number of carboxylic acids is 2. The lowest BCUT2D eigenvalue weighted by Crippen LogP contribution is -2.23. The largest absolute Gasteiger partial charge is 0.481 e. The van der Waals surface area contributed by atoms with Crippen LogP contribution in [0.25, 0.3) is 0 Å². The lowest BCUT2D eigenvalue weighted by molar-refractivity contribution is -0.147. The molecule has 3 N–H and O–H groups in total. The van der Waals surface area contributed by atoms with Crippen molar-refractivity contribution in [2.24, 2.45) is 10.8 Å². The highest BCUT2D eigenvalue weighted by atomic mass is 16.4. The summed E-state index contributed by atoms with van der Waals surface area (Å²) in [5, 5.41) is 27.8. The van der Waals surface area contributed by atoms with E-state index in [1.54, 1.807) is 13.8 Å². The third kappa shape index (κ3) is 11.4. The molecule has 0 amide bonds.